The quantitative estimate of drug-likeness (QED) is 0.284. The van der Waals surface area contributed by atoms with Crippen molar-refractivity contribution in [3.63, 3.8) is 0 Å². The lowest BCUT2D eigenvalue weighted by atomic mass is 10.2. The average molecular weight is 517 g/mol. The van der Waals surface area contributed by atoms with Gasteiger partial charge in [0, 0.05) is 36.1 Å². The molecule has 1 atom stereocenters. The first-order valence-corrected chi connectivity index (χ1v) is 12.9. The summed E-state index contributed by atoms with van der Waals surface area (Å²) in [5.41, 5.74) is 2.73. The zero-order valence-electron chi connectivity index (χ0n) is 19.7. The molecule has 6 rings (SSSR count). The van der Waals surface area contributed by atoms with Crippen molar-refractivity contribution in [2.45, 2.75) is 37.0 Å². The predicted octanol–water partition coefficient (Wildman–Crippen LogP) is 0.878. The topological polar surface area (TPSA) is 153 Å². The number of thioether (sulfide) groups is 1. The van der Waals surface area contributed by atoms with Crippen molar-refractivity contribution in [2.24, 2.45) is 4.99 Å². The van der Waals surface area contributed by atoms with Gasteiger partial charge in [-0.05, 0) is 37.5 Å². The highest BCUT2D eigenvalue weighted by Crippen LogP contribution is 2.42. The largest absolute Gasteiger partial charge is 0.493 e. The zero-order valence-corrected chi connectivity index (χ0v) is 20.5. The predicted molar refractivity (Wildman–Crippen MR) is 137 cm³/mol. The first kappa shape index (κ1) is 23.2. The molecule has 11 nitrogen and oxygen atoms in total. The van der Waals surface area contributed by atoms with Gasteiger partial charge in [0.15, 0.2) is 11.1 Å². The zero-order chi connectivity index (χ0) is 25.4. The number of fused-ring (bicyclic) bond motifs is 1. The maximum absolute atomic E-state index is 12.8. The van der Waals surface area contributed by atoms with Crippen molar-refractivity contribution >= 4 is 29.4 Å². The van der Waals surface area contributed by atoms with Gasteiger partial charge in [0.05, 0.1) is 28.1 Å². The number of aromatic hydroxyl groups is 1. The summed E-state index contributed by atoms with van der Waals surface area (Å²) in [7, 11) is 0. The first-order valence-electron chi connectivity index (χ1n) is 12.0. The minimum Gasteiger partial charge on any atom is -0.493 e. The molecule has 188 valence electrons. The van der Waals surface area contributed by atoms with E-state index in [0.717, 1.165) is 24.2 Å². The maximum Gasteiger partial charge on any atom is 0.326 e. The fourth-order valence-corrected chi connectivity index (χ4v) is 5.22. The van der Waals surface area contributed by atoms with Crippen LogP contribution in [0.15, 0.2) is 57.4 Å². The van der Waals surface area contributed by atoms with Gasteiger partial charge in [-0.3, -0.25) is 19.8 Å². The number of nitrogens with zero attached hydrogens (tertiary/aromatic N) is 5. The third kappa shape index (κ3) is 5.05. The minimum atomic E-state index is -0.502. The standard InChI is InChI=1S/C25H24N8O3S/c34-23-18(31-25(36)32-23)11-14-13-28-33-21(29-16-4-5-16)12-17(30-22(14)33)19-6-7-20(37-19)24(35)27-10-8-15-3-1-2-9-26-15/h1-3,7,9,11-13,16,19,34H,4-6,8,10H2,(H,27,35)(H2,31,32,36). The molecule has 4 aromatic rings. The number of nitrogens with one attached hydrogen (secondary N) is 3. The summed E-state index contributed by atoms with van der Waals surface area (Å²) in [5.74, 6) is -0.352. The number of rotatable bonds is 7. The number of hydrogen-bond acceptors (Lipinski definition) is 8. The Morgan fingerprint density at radius 2 is 2.22 bits per heavy atom. The second-order valence-corrected chi connectivity index (χ2v) is 10.2. The molecular weight excluding hydrogens is 492 g/mol. The Morgan fingerprint density at radius 1 is 1.32 bits per heavy atom. The number of imidazole rings is 1. The van der Waals surface area contributed by atoms with E-state index in [4.69, 9.17) is 9.98 Å². The van der Waals surface area contributed by atoms with E-state index in [-0.39, 0.29) is 28.8 Å². The highest BCUT2D eigenvalue weighted by molar-refractivity contribution is 8.04. The van der Waals surface area contributed by atoms with Crippen LogP contribution in [0.3, 0.4) is 0 Å². The van der Waals surface area contributed by atoms with Crippen LogP contribution in [0.4, 0.5) is 0 Å². The third-order valence-electron chi connectivity index (χ3n) is 6.13. The van der Waals surface area contributed by atoms with Gasteiger partial charge >= 0.3 is 5.69 Å². The van der Waals surface area contributed by atoms with Crippen LogP contribution in [-0.2, 0) is 11.2 Å². The number of aromatic amines is 2. The number of hydrogen-bond donors (Lipinski definition) is 4. The molecule has 1 fully saturated rings. The molecule has 5 heterocycles. The molecule has 1 amide bonds. The second-order valence-electron chi connectivity index (χ2n) is 8.96. The van der Waals surface area contributed by atoms with E-state index in [1.807, 2.05) is 30.3 Å². The van der Waals surface area contributed by atoms with Crippen LogP contribution < -0.4 is 21.7 Å². The molecule has 4 aromatic heterocycles. The Kier molecular flexibility index (Phi) is 6.08. The van der Waals surface area contributed by atoms with Crippen LogP contribution >= 0.6 is 11.8 Å². The van der Waals surface area contributed by atoms with Crippen LogP contribution in [0.1, 0.15) is 41.6 Å². The summed E-state index contributed by atoms with van der Waals surface area (Å²) in [6, 6.07) is 7.95. The normalized spacial score (nSPS) is 18.5. The molecular formula is C25H24N8O3S. The molecule has 0 saturated heterocycles. The lowest BCUT2D eigenvalue weighted by Gasteiger charge is -2.11. The van der Waals surface area contributed by atoms with Gasteiger partial charge in [-0.25, -0.2) is 9.78 Å². The number of pyridine rings is 1. The number of carbonyl (C=O) groups excluding carboxylic acids is 1. The van der Waals surface area contributed by atoms with Crippen molar-refractivity contribution in [1.82, 2.24) is 34.9 Å². The fourth-order valence-electron chi connectivity index (χ4n) is 4.11. The Morgan fingerprint density at radius 3 is 2.97 bits per heavy atom. The molecule has 0 bridgehead atoms. The van der Waals surface area contributed by atoms with Crippen molar-refractivity contribution in [1.29, 1.82) is 0 Å². The van der Waals surface area contributed by atoms with Crippen LogP contribution in [0.2, 0.25) is 0 Å². The van der Waals surface area contributed by atoms with Crippen LogP contribution in [0, 0.1) is 0 Å². The van der Waals surface area contributed by atoms with Crippen LogP contribution in [0.25, 0.3) is 11.7 Å². The Bertz CT molecular complexity index is 1680. The van der Waals surface area contributed by atoms with Crippen molar-refractivity contribution in [2.75, 3.05) is 6.54 Å². The second kappa shape index (κ2) is 9.69. The van der Waals surface area contributed by atoms with Gasteiger partial charge in [0.25, 0.3) is 5.91 Å². The van der Waals surface area contributed by atoms with Crippen molar-refractivity contribution in [3.05, 3.63) is 85.9 Å². The van der Waals surface area contributed by atoms with E-state index in [2.05, 4.69) is 25.4 Å². The van der Waals surface area contributed by atoms with E-state index in [1.54, 1.807) is 23.0 Å². The molecule has 1 unspecified atom stereocenters. The van der Waals surface area contributed by atoms with Gasteiger partial charge in [-0.1, -0.05) is 12.1 Å². The van der Waals surface area contributed by atoms with E-state index in [1.165, 1.54) is 11.8 Å². The van der Waals surface area contributed by atoms with Gasteiger partial charge in [0.1, 0.15) is 5.69 Å². The van der Waals surface area contributed by atoms with E-state index in [0.29, 0.717) is 40.6 Å². The Hall–Kier alpha value is -4.19. The molecule has 1 aliphatic carbocycles. The van der Waals surface area contributed by atoms with E-state index in [9.17, 15) is 14.7 Å². The lowest BCUT2D eigenvalue weighted by Crippen LogP contribution is -2.26. The molecule has 0 radical (unpaired) electrons. The molecule has 0 spiro atoms. The summed E-state index contributed by atoms with van der Waals surface area (Å²) in [6.07, 6.45) is 10.4. The van der Waals surface area contributed by atoms with Gasteiger partial charge in [-0.15, -0.1) is 11.8 Å². The lowest BCUT2D eigenvalue weighted by molar-refractivity contribution is -0.116. The van der Waals surface area contributed by atoms with Crippen molar-refractivity contribution < 1.29 is 9.90 Å². The van der Waals surface area contributed by atoms with E-state index >= 15 is 0 Å². The van der Waals surface area contributed by atoms with Gasteiger partial charge in [0.2, 0.25) is 5.88 Å². The Balaban J connectivity index is 1.25. The number of carbonyl (C=O) groups is 1. The van der Waals surface area contributed by atoms with E-state index < -0.39 is 5.69 Å². The smallest absolute Gasteiger partial charge is 0.326 e. The monoisotopic (exact) mass is 516 g/mol. The summed E-state index contributed by atoms with van der Waals surface area (Å²) < 4.78 is 1.67. The molecule has 1 aliphatic heterocycles. The van der Waals surface area contributed by atoms with Crippen LogP contribution in [0.5, 0.6) is 5.88 Å². The summed E-state index contributed by atoms with van der Waals surface area (Å²) in [6.45, 7) is 0.510. The summed E-state index contributed by atoms with van der Waals surface area (Å²) in [5, 5.41) is 18.0. The molecule has 1 saturated carbocycles. The molecule has 37 heavy (non-hydrogen) atoms. The summed E-state index contributed by atoms with van der Waals surface area (Å²) in [4.78, 5) is 43.8. The molecule has 4 N–H and O–H groups in total. The highest BCUT2D eigenvalue weighted by atomic mass is 32.2. The maximum atomic E-state index is 12.8. The summed E-state index contributed by atoms with van der Waals surface area (Å²) >= 11 is 1.49. The number of amides is 1. The highest BCUT2D eigenvalue weighted by Gasteiger charge is 2.26. The molecule has 0 aromatic carbocycles. The fraction of sp³-hybridized carbons (Fsp3) is 0.280. The average Bonchev–Trinajstić information content (AvgIpc) is 3.26. The molecule has 12 heteroatoms. The SMILES string of the molecule is O=C(NCCc1ccccn1)C1=CCC(c2cc(=NC3CC3)n3ncc(=Cc4[nH]c(=O)[nH]c4O)c3n2)S1. The van der Waals surface area contributed by atoms with Gasteiger partial charge < -0.3 is 15.4 Å². The minimum absolute atomic E-state index is 0.0436. The van der Waals surface area contributed by atoms with Gasteiger partial charge in [-0.2, -0.15) is 9.61 Å². The molecule has 2 aliphatic rings. The number of aromatic nitrogens is 6. The Labute approximate surface area is 214 Å². The van der Waals surface area contributed by atoms with Crippen molar-refractivity contribution in [3.8, 4) is 5.88 Å². The first-order chi connectivity index (χ1) is 18.0. The van der Waals surface area contributed by atoms with Crippen LogP contribution in [-0.4, -0.2) is 53.2 Å². The number of allylic oxidation sites excluding steroid dienone is 1. The number of H-pyrrole nitrogens is 2. The third-order valence-corrected chi connectivity index (χ3v) is 7.45.